The van der Waals surface area contributed by atoms with E-state index in [4.69, 9.17) is 0 Å². The highest BCUT2D eigenvalue weighted by Crippen LogP contribution is 2.22. The standard InChI is InChI=1S/C19H35N5S/c1-20-19(21-11-7-5-4-6-8-12-22(2)3)24-15-13-23(14-16-24)18-10-9-17-25-18/h9-10,17H,4-8,11-16H2,1-3H3,(H,20,21). The van der Waals surface area contributed by atoms with E-state index in [1.54, 1.807) is 0 Å². The topological polar surface area (TPSA) is 34.1 Å². The van der Waals surface area contributed by atoms with Crippen molar-refractivity contribution in [2.45, 2.75) is 32.1 Å². The maximum atomic E-state index is 4.48. The largest absolute Gasteiger partial charge is 0.360 e. The first-order chi connectivity index (χ1) is 12.2. The molecule has 2 rings (SSSR count). The van der Waals surface area contributed by atoms with Gasteiger partial charge in [0.25, 0.3) is 0 Å². The van der Waals surface area contributed by atoms with Crippen molar-refractivity contribution in [3.63, 3.8) is 0 Å². The van der Waals surface area contributed by atoms with E-state index in [0.717, 1.165) is 38.7 Å². The van der Waals surface area contributed by atoms with Gasteiger partial charge in [0.2, 0.25) is 0 Å². The van der Waals surface area contributed by atoms with Gasteiger partial charge in [-0.05, 0) is 51.0 Å². The van der Waals surface area contributed by atoms with Gasteiger partial charge in [-0.25, -0.2) is 0 Å². The van der Waals surface area contributed by atoms with Crippen LogP contribution >= 0.6 is 11.3 Å². The van der Waals surface area contributed by atoms with E-state index in [9.17, 15) is 0 Å². The summed E-state index contributed by atoms with van der Waals surface area (Å²) in [6, 6.07) is 4.35. The number of nitrogens with one attached hydrogen (secondary N) is 1. The first kappa shape index (κ1) is 20.0. The molecule has 0 bridgehead atoms. The summed E-state index contributed by atoms with van der Waals surface area (Å²) in [5.74, 6) is 1.07. The normalized spacial score (nSPS) is 15.9. The summed E-state index contributed by atoms with van der Waals surface area (Å²) in [6.07, 6.45) is 6.54. The molecule has 1 fully saturated rings. The van der Waals surface area contributed by atoms with Gasteiger partial charge in [-0.2, -0.15) is 0 Å². The summed E-state index contributed by atoms with van der Waals surface area (Å²) in [7, 11) is 6.20. The lowest BCUT2D eigenvalue weighted by molar-refractivity contribution is 0.372. The number of thiophene rings is 1. The average Bonchev–Trinajstić information content (AvgIpc) is 3.15. The van der Waals surface area contributed by atoms with Crippen LogP contribution in [0.2, 0.25) is 0 Å². The van der Waals surface area contributed by atoms with Gasteiger partial charge >= 0.3 is 0 Å². The van der Waals surface area contributed by atoms with E-state index >= 15 is 0 Å². The average molecular weight is 366 g/mol. The molecule has 0 spiro atoms. The summed E-state index contributed by atoms with van der Waals surface area (Å²) in [6.45, 7) is 6.48. The molecule has 1 aromatic heterocycles. The number of hydrogen-bond acceptors (Lipinski definition) is 4. The van der Waals surface area contributed by atoms with Crippen molar-refractivity contribution in [1.29, 1.82) is 0 Å². The molecule has 1 aliphatic heterocycles. The van der Waals surface area contributed by atoms with Crippen LogP contribution in [0.25, 0.3) is 0 Å². The van der Waals surface area contributed by atoms with Crippen LogP contribution in [0, 0.1) is 0 Å². The van der Waals surface area contributed by atoms with E-state index in [1.165, 1.54) is 43.6 Å². The Morgan fingerprint density at radius 3 is 2.48 bits per heavy atom. The molecule has 0 aromatic carbocycles. The number of guanidine groups is 1. The molecule has 1 aliphatic rings. The smallest absolute Gasteiger partial charge is 0.193 e. The zero-order valence-corrected chi connectivity index (χ0v) is 17.0. The Balaban J connectivity index is 1.57. The first-order valence-electron chi connectivity index (χ1n) is 9.59. The quantitative estimate of drug-likeness (QED) is 0.414. The molecule has 5 nitrogen and oxygen atoms in total. The second-order valence-corrected chi connectivity index (χ2v) is 7.90. The van der Waals surface area contributed by atoms with E-state index in [1.807, 2.05) is 18.4 Å². The van der Waals surface area contributed by atoms with Crippen molar-refractivity contribution in [3.05, 3.63) is 17.5 Å². The Kier molecular flexibility index (Phi) is 9.11. The highest BCUT2D eigenvalue weighted by atomic mass is 32.1. The minimum atomic E-state index is 1.03. The second kappa shape index (κ2) is 11.4. The maximum absolute atomic E-state index is 4.48. The van der Waals surface area contributed by atoms with Crippen LogP contribution in [0.3, 0.4) is 0 Å². The monoisotopic (exact) mass is 365 g/mol. The zero-order valence-electron chi connectivity index (χ0n) is 16.2. The van der Waals surface area contributed by atoms with Crippen LogP contribution in [-0.2, 0) is 0 Å². The second-order valence-electron chi connectivity index (χ2n) is 6.97. The first-order valence-corrected chi connectivity index (χ1v) is 10.5. The fourth-order valence-electron chi connectivity index (χ4n) is 3.20. The van der Waals surface area contributed by atoms with Crippen LogP contribution in [0.5, 0.6) is 0 Å². The van der Waals surface area contributed by atoms with E-state index in [-0.39, 0.29) is 0 Å². The third-order valence-corrected chi connectivity index (χ3v) is 5.60. The summed E-state index contributed by atoms with van der Waals surface area (Å²) in [4.78, 5) is 11.6. The molecule has 0 atom stereocenters. The van der Waals surface area contributed by atoms with Gasteiger partial charge in [-0.1, -0.05) is 19.3 Å². The Labute approximate surface area is 157 Å². The summed E-state index contributed by atoms with van der Waals surface area (Å²) < 4.78 is 0. The Morgan fingerprint density at radius 1 is 1.12 bits per heavy atom. The van der Waals surface area contributed by atoms with Gasteiger partial charge in [-0.3, -0.25) is 4.99 Å². The molecule has 0 saturated carbocycles. The van der Waals surface area contributed by atoms with Gasteiger partial charge in [0.1, 0.15) is 0 Å². The lowest BCUT2D eigenvalue weighted by atomic mass is 10.1. The van der Waals surface area contributed by atoms with E-state index in [2.05, 4.69) is 56.6 Å². The van der Waals surface area contributed by atoms with Crippen LogP contribution < -0.4 is 10.2 Å². The molecular weight excluding hydrogens is 330 g/mol. The van der Waals surface area contributed by atoms with E-state index < -0.39 is 0 Å². The van der Waals surface area contributed by atoms with Crippen LogP contribution in [-0.4, -0.2) is 76.2 Å². The highest BCUT2D eigenvalue weighted by molar-refractivity contribution is 7.14. The van der Waals surface area contributed by atoms with Crippen molar-refractivity contribution in [1.82, 2.24) is 15.1 Å². The number of hydrogen-bond donors (Lipinski definition) is 1. The molecule has 0 aliphatic carbocycles. The molecule has 25 heavy (non-hydrogen) atoms. The molecule has 1 N–H and O–H groups in total. The number of anilines is 1. The molecule has 6 heteroatoms. The molecule has 0 amide bonds. The van der Waals surface area contributed by atoms with Crippen molar-refractivity contribution in [2.24, 2.45) is 4.99 Å². The van der Waals surface area contributed by atoms with Gasteiger partial charge in [0.05, 0.1) is 5.00 Å². The third-order valence-electron chi connectivity index (χ3n) is 4.67. The Morgan fingerprint density at radius 2 is 1.84 bits per heavy atom. The van der Waals surface area contributed by atoms with Crippen molar-refractivity contribution in [2.75, 3.05) is 65.3 Å². The summed E-state index contributed by atoms with van der Waals surface area (Å²) >= 11 is 1.83. The molecule has 1 saturated heterocycles. The summed E-state index contributed by atoms with van der Waals surface area (Å²) in [5.41, 5.74) is 0. The fourth-order valence-corrected chi connectivity index (χ4v) is 3.99. The summed E-state index contributed by atoms with van der Waals surface area (Å²) in [5, 5.41) is 7.09. The minimum Gasteiger partial charge on any atom is -0.360 e. The van der Waals surface area contributed by atoms with E-state index in [0.29, 0.717) is 0 Å². The third kappa shape index (κ3) is 7.24. The minimum absolute atomic E-state index is 1.03. The Hall–Kier alpha value is -1.27. The number of nitrogens with zero attached hydrogens (tertiary/aromatic N) is 4. The molecule has 0 unspecified atom stereocenters. The Bertz CT molecular complexity index is 478. The number of rotatable bonds is 9. The van der Waals surface area contributed by atoms with Gasteiger partial charge in [0, 0.05) is 39.8 Å². The molecule has 2 heterocycles. The van der Waals surface area contributed by atoms with Crippen LogP contribution in [0.1, 0.15) is 32.1 Å². The predicted molar refractivity (Wildman–Crippen MR) is 111 cm³/mol. The van der Waals surface area contributed by atoms with Crippen LogP contribution in [0.4, 0.5) is 5.00 Å². The lowest BCUT2D eigenvalue weighted by Gasteiger charge is -2.37. The predicted octanol–water partition coefficient (Wildman–Crippen LogP) is 2.96. The number of aliphatic imine (C=N–C) groups is 1. The van der Waals surface area contributed by atoms with Gasteiger partial charge in [0.15, 0.2) is 5.96 Å². The molecule has 1 aromatic rings. The lowest BCUT2D eigenvalue weighted by Crippen LogP contribution is -2.52. The van der Waals surface area contributed by atoms with Gasteiger partial charge < -0.3 is 20.0 Å². The van der Waals surface area contributed by atoms with Crippen molar-refractivity contribution in [3.8, 4) is 0 Å². The van der Waals surface area contributed by atoms with Gasteiger partial charge in [-0.15, -0.1) is 11.3 Å². The molecule has 0 radical (unpaired) electrons. The zero-order chi connectivity index (χ0) is 17.9. The van der Waals surface area contributed by atoms with Crippen molar-refractivity contribution < 1.29 is 0 Å². The van der Waals surface area contributed by atoms with Crippen LogP contribution in [0.15, 0.2) is 22.5 Å². The highest BCUT2D eigenvalue weighted by Gasteiger charge is 2.19. The SMILES string of the molecule is CN=C(NCCCCCCCN(C)C)N1CCN(c2cccs2)CC1. The number of unbranched alkanes of at least 4 members (excludes halogenated alkanes) is 4. The molecule has 142 valence electrons. The maximum Gasteiger partial charge on any atom is 0.193 e. The fraction of sp³-hybridized carbons (Fsp3) is 0.737. The number of piperazine rings is 1. The van der Waals surface area contributed by atoms with Crippen molar-refractivity contribution >= 4 is 22.3 Å². The molecular formula is C19H35N5S.